The topological polar surface area (TPSA) is 87.0 Å². The fraction of sp³-hybridized carbons (Fsp3) is 0.400. The third-order valence-corrected chi connectivity index (χ3v) is 5.87. The minimum Gasteiger partial charge on any atom is -0.467 e. The molecule has 0 bridgehead atoms. The van der Waals surface area contributed by atoms with Crippen LogP contribution in [0.2, 0.25) is 0 Å². The van der Waals surface area contributed by atoms with Crippen LogP contribution in [0, 0.1) is 0 Å². The molecule has 0 fully saturated rings. The molecule has 2 aromatic heterocycles. The summed E-state index contributed by atoms with van der Waals surface area (Å²) in [6.45, 7) is 1.38. The highest BCUT2D eigenvalue weighted by molar-refractivity contribution is 7.91. The maximum Gasteiger partial charge on any atom is 0.459 e. The number of methoxy groups -OCH3 is 1. The number of allylic oxidation sites excluding steroid dienone is 1. The van der Waals surface area contributed by atoms with Crippen LogP contribution in [-0.4, -0.2) is 52.9 Å². The third-order valence-electron chi connectivity index (χ3n) is 3.80. The van der Waals surface area contributed by atoms with Crippen LogP contribution in [-0.2, 0) is 16.9 Å². The molecule has 0 aliphatic rings. The second kappa shape index (κ2) is 7.86. The van der Waals surface area contributed by atoms with Gasteiger partial charge in [-0.15, -0.1) is 0 Å². The Hall–Kier alpha value is -2.28. The molecule has 7 nitrogen and oxygen atoms in total. The van der Waals surface area contributed by atoms with Crippen LogP contribution in [0.5, 0.6) is 6.01 Å². The van der Waals surface area contributed by atoms with E-state index < -0.39 is 27.0 Å². The predicted molar refractivity (Wildman–Crippen MR) is 93.3 cm³/mol. The lowest BCUT2D eigenvalue weighted by atomic mass is 10.2. The molecule has 2 aromatic rings. The van der Waals surface area contributed by atoms with Gasteiger partial charge in [0.25, 0.3) is 0 Å². The molecule has 160 valence electrons. The summed E-state index contributed by atoms with van der Waals surface area (Å²) < 4.78 is 94.7. The van der Waals surface area contributed by atoms with E-state index in [0.29, 0.717) is 6.08 Å². The first-order valence-corrected chi connectivity index (χ1v) is 9.77. The zero-order valence-corrected chi connectivity index (χ0v) is 16.7. The summed E-state index contributed by atoms with van der Waals surface area (Å²) in [6.07, 6.45) is -3.56. The molecular weight excluding hydrogens is 447 g/mol. The van der Waals surface area contributed by atoms with E-state index in [9.17, 15) is 30.4 Å². The number of aromatic nitrogens is 4. The molecule has 0 amide bonds. The van der Waals surface area contributed by atoms with Gasteiger partial charge in [0.05, 0.1) is 36.0 Å². The molecule has 14 heteroatoms. The normalized spacial score (nSPS) is 13.6. The van der Waals surface area contributed by atoms with Crippen molar-refractivity contribution in [1.29, 1.82) is 0 Å². The molecule has 0 aliphatic carbocycles. The van der Waals surface area contributed by atoms with Gasteiger partial charge >= 0.3 is 18.1 Å². The fourth-order valence-corrected chi connectivity index (χ4v) is 3.30. The number of nitrogens with zero attached hydrogens (tertiary/aromatic N) is 4. The minimum atomic E-state index is -5.88. The van der Waals surface area contributed by atoms with Crippen molar-refractivity contribution in [3.05, 3.63) is 23.1 Å². The average molecular weight is 461 g/mol. The van der Waals surface area contributed by atoms with Gasteiger partial charge in [0.15, 0.2) is 15.7 Å². The van der Waals surface area contributed by atoms with Gasteiger partial charge in [-0.05, 0) is 6.08 Å². The predicted octanol–water partition coefficient (Wildman–Crippen LogP) is 3.46. The van der Waals surface area contributed by atoms with Crippen molar-refractivity contribution in [3.8, 4) is 17.5 Å². The molecule has 0 radical (unpaired) electrons. The highest BCUT2D eigenvalue weighted by Crippen LogP contribution is 2.43. The Labute approximate surface area is 167 Å². The van der Waals surface area contributed by atoms with E-state index in [-0.39, 0.29) is 33.9 Å². The second-order valence-corrected chi connectivity index (χ2v) is 8.26. The quantitative estimate of drug-likeness (QED) is 0.614. The van der Waals surface area contributed by atoms with Gasteiger partial charge in [-0.2, -0.15) is 26.9 Å². The average Bonchev–Trinajstić information content (AvgIpc) is 3.00. The maximum absolute atomic E-state index is 13.4. The van der Waals surface area contributed by atoms with Crippen molar-refractivity contribution in [3.63, 3.8) is 0 Å². The second-order valence-electron chi connectivity index (χ2n) is 5.60. The zero-order valence-electron chi connectivity index (χ0n) is 15.1. The van der Waals surface area contributed by atoms with Gasteiger partial charge in [0, 0.05) is 7.05 Å². The number of hydrogen-bond acceptors (Lipinski definition) is 6. The summed E-state index contributed by atoms with van der Waals surface area (Å²) in [4.78, 5) is 11.3. The lowest BCUT2D eigenvalue weighted by molar-refractivity contribution is -0.261. The monoisotopic (exact) mass is 460 g/mol. The number of imidazole rings is 1. The van der Waals surface area contributed by atoms with Gasteiger partial charge in [0.1, 0.15) is 10.6 Å². The van der Waals surface area contributed by atoms with Gasteiger partial charge in [-0.25, -0.2) is 18.4 Å². The van der Waals surface area contributed by atoms with Crippen LogP contribution in [0.15, 0.2) is 22.3 Å². The lowest BCUT2D eigenvalue weighted by Gasteiger charge is -2.18. The van der Waals surface area contributed by atoms with E-state index in [1.807, 2.05) is 0 Å². The number of halogens is 6. The lowest BCUT2D eigenvalue weighted by Crippen LogP contribution is -2.36. The Morgan fingerprint density at radius 2 is 1.86 bits per heavy atom. The molecule has 0 atom stereocenters. The van der Waals surface area contributed by atoms with E-state index in [1.165, 1.54) is 21.1 Å². The van der Waals surface area contributed by atoms with Gasteiger partial charge in [-0.3, -0.25) is 0 Å². The van der Waals surface area contributed by atoms with E-state index in [2.05, 4.69) is 15.0 Å². The number of ether oxygens (including phenoxy) is 1. The number of alkyl halides is 5. The van der Waals surface area contributed by atoms with Gasteiger partial charge < -0.3 is 9.30 Å². The van der Waals surface area contributed by atoms with Crippen LogP contribution in [0.1, 0.15) is 12.6 Å². The van der Waals surface area contributed by atoms with E-state index in [0.717, 1.165) is 17.0 Å². The van der Waals surface area contributed by atoms with E-state index in [4.69, 9.17) is 16.3 Å². The number of sulfone groups is 1. The first-order chi connectivity index (χ1) is 13.3. The van der Waals surface area contributed by atoms with Crippen LogP contribution >= 0.6 is 11.6 Å². The smallest absolute Gasteiger partial charge is 0.459 e. The highest BCUT2D eigenvalue weighted by Gasteiger charge is 2.59. The molecule has 0 saturated carbocycles. The largest absolute Gasteiger partial charge is 0.467 e. The van der Waals surface area contributed by atoms with Crippen molar-refractivity contribution in [2.75, 3.05) is 12.9 Å². The van der Waals surface area contributed by atoms with Gasteiger partial charge in [-0.1, -0.05) is 18.5 Å². The molecule has 2 rings (SSSR count). The minimum absolute atomic E-state index is 0.135. The van der Waals surface area contributed by atoms with Crippen molar-refractivity contribution in [1.82, 2.24) is 19.5 Å². The summed E-state index contributed by atoms with van der Waals surface area (Å²) in [7, 11) is -1.32. The van der Waals surface area contributed by atoms with Crippen molar-refractivity contribution in [2.24, 2.45) is 7.05 Å². The molecule has 0 aliphatic heterocycles. The summed E-state index contributed by atoms with van der Waals surface area (Å²) >= 11 is 5.20. The molecule has 0 unspecified atom stereocenters. The number of hydrogen-bond donors (Lipinski definition) is 0. The first kappa shape index (κ1) is 23.0. The Bertz CT molecular complexity index is 1050. The van der Waals surface area contributed by atoms with Crippen LogP contribution in [0.25, 0.3) is 17.6 Å². The van der Waals surface area contributed by atoms with Crippen LogP contribution < -0.4 is 4.74 Å². The van der Waals surface area contributed by atoms with Crippen molar-refractivity contribution >= 4 is 27.5 Å². The Morgan fingerprint density at radius 1 is 1.24 bits per heavy atom. The summed E-state index contributed by atoms with van der Waals surface area (Å²) in [5.74, 6) is -5.70. The SMILES string of the molecule is CCS(=O)(=O)c1cnc(OC)nc1-c1ncc(/C=C(\Cl)C(F)(F)C(F)(F)F)n1C. The van der Waals surface area contributed by atoms with Crippen molar-refractivity contribution < 1.29 is 35.1 Å². The molecule has 0 aromatic carbocycles. The molecule has 2 heterocycles. The molecule has 0 N–H and O–H groups in total. The Balaban J connectivity index is 2.64. The van der Waals surface area contributed by atoms with Crippen molar-refractivity contribution in [2.45, 2.75) is 23.9 Å². The standard InChI is InChI=1S/C15H14ClF5N4O3S/c1-4-29(26,27)9-7-23-13(28-3)24-11(9)12-22-6-8(25(12)2)5-10(16)14(17,18)15(19,20)21/h5-7H,4H2,1-3H3/b10-5-. The summed E-state index contributed by atoms with van der Waals surface area (Å²) in [5.41, 5.74) is -0.453. The molecule has 0 spiro atoms. The van der Waals surface area contributed by atoms with E-state index >= 15 is 0 Å². The Kier molecular flexibility index (Phi) is 6.23. The van der Waals surface area contributed by atoms with Crippen LogP contribution in [0.3, 0.4) is 0 Å². The zero-order chi connectivity index (χ0) is 22.2. The highest BCUT2D eigenvalue weighted by atomic mass is 35.5. The van der Waals surface area contributed by atoms with Gasteiger partial charge in [0.2, 0.25) is 0 Å². The Morgan fingerprint density at radius 3 is 2.38 bits per heavy atom. The molecule has 0 saturated heterocycles. The fourth-order valence-electron chi connectivity index (χ4n) is 2.13. The third kappa shape index (κ3) is 4.34. The maximum atomic E-state index is 13.4. The molecule has 29 heavy (non-hydrogen) atoms. The summed E-state index contributed by atoms with van der Waals surface area (Å²) in [5, 5.41) is -1.78. The summed E-state index contributed by atoms with van der Waals surface area (Å²) in [6, 6.07) is -0.197. The molecular formula is C15H14ClF5N4O3S. The first-order valence-electron chi connectivity index (χ1n) is 7.74. The van der Waals surface area contributed by atoms with E-state index in [1.54, 1.807) is 0 Å². The van der Waals surface area contributed by atoms with Crippen LogP contribution in [0.4, 0.5) is 22.0 Å². The number of rotatable bonds is 6.